The first-order valence-corrected chi connectivity index (χ1v) is 8.70. The maximum absolute atomic E-state index is 3.75. The Morgan fingerprint density at radius 3 is 2.16 bits per heavy atom. The van der Waals surface area contributed by atoms with Gasteiger partial charge in [0.15, 0.2) is 0 Å². The summed E-state index contributed by atoms with van der Waals surface area (Å²) in [6, 6.07) is 1.51. The zero-order valence-electron chi connectivity index (χ0n) is 13.8. The molecule has 114 valence electrons. The molecule has 0 heterocycles. The second-order valence-electron chi connectivity index (χ2n) is 6.39. The van der Waals surface area contributed by atoms with Gasteiger partial charge in [-0.05, 0) is 57.7 Å². The Bertz CT molecular complexity index is 209. The quantitative estimate of drug-likeness (QED) is 0.678. The third-order valence-corrected chi connectivity index (χ3v) is 4.61. The minimum Gasteiger partial charge on any atom is -0.313 e. The normalized spacial score (nSPS) is 27.9. The van der Waals surface area contributed by atoms with E-state index in [0.717, 1.165) is 24.5 Å². The first-order chi connectivity index (χ1) is 9.22. The Morgan fingerprint density at radius 1 is 1.00 bits per heavy atom. The molecule has 1 rings (SSSR count). The highest BCUT2D eigenvalue weighted by Gasteiger charge is 2.31. The minimum atomic E-state index is 0.731. The molecule has 0 bridgehead atoms. The van der Waals surface area contributed by atoms with Crippen molar-refractivity contribution in [2.24, 2.45) is 5.92 Å². The van der Waals surface area contributed by atoms with Gasteiger partial charge in [-0.1, -0.05) is 40.5 Å². The van der Waals surface area contributed by atoms with E-state index in [2.05, 4.69) is 37.9 Å². The van der Waals surface area contributed by atoms with Crippen LogP contribution >= 0.6 is 0 Å². The van der Waals surface area contributed by atoms with Crippen LogP contribution in [0.4, 0.5) is 0 Å². The number of unbranched alkanes of at least 4 members (excludes halogenated alkanes) is 2. The average Bonchev–Trinajstić information content (AvgIpc) is 2.41. The molecule has 1 N–H and O–H groups in total. The van der Waals surface area contributed by atoms with Crippen molar-refractivity contribution < 1.29 is 0 Å². The fraction of sp³-hybridized carbons (Fsp3) is 1.00. The molecule has 1 saturated carbocycles. The minimum absolute atomic E-state index is 0.731. The highest BCUT2D eigenvalue weighted by molar-refractivity contribution is 4.90. The number of rotatable bonds is 9. The molecule has 0 aromatic carbocycles. The summed E-state index contributed by atoms with van der Waals surface area (Å²) < 4.78 is 0. The summed E-state index contributed by atoms with van der Waals surface area (Å²) >= 11 is 0. The number of nitrogens with one attached hydrogen (secondary N) is 1. The van der Waals surface area contributed by atoms with Gasteiger partial charge in [0, 0.05) is 12.1 Å². The third-order valence-electron chi connectivity index (χ3n) is 4.61. The van der Waals surface area contributed by atoms with Gasteiger partial charge in [-0.2, -0.15) is 0 Å². The molecule has 1 aliphatic rings. The monoisotopic (exact) mass is 268 g/mol. The third kappa shape index (κ3) is 5.83. The van der Waals surface area contributed by atoms with Crippen molar-refractivity contribution in [3.63, 3.8) is 0 Å². The van der Waals surface area contributed by atoms with Gasteiger partial charge < -0.3 is 5.32 Å². The van der Waals surface area contributed by atoms with Crippen LogP contribution in [0.15, 0.2) is 0 Å². The predicted molar refractivity (Wildman–Crippen MR) is 85.7 cm³/mol. The van der Waals surface area contributed by atoms with Crippen LogP contribution in [0, 0.1) is 5.92 Å². The standard InChI is InChI=1S/C17H36N2/c1-5-8-12-19(13-9-6-2)17-14-15(4)10-11-16(17)18-7-3/h15-18H,5-14H2,1-4H3. The summed E-state index contributed by atoms with van der Waals surface area (Å²) in [7, 11) is 0. The predicted octanol–water partition coefficient (Wildman–Crippen LogP) is 4.06. The summed E-state index contributed by atoms with van der Waals surface area (Å²) in [5, 5.41) is 3.75. The van der Waals surface area contributed by atoms with Gasteiger partial charge in [-0.15, -0.1) is 0 Å². The van der Waals surface area contributed by atoms with Crippen LogP contribution in [0.3, 0.4) is 0 Å². The van der Waals surface area contributed by atoms with E-state index < -0.39 is 0 Å². The van der Waals surface area contributed by atoms with E-state index in [1.165, 1.54) is 58.0 Å². The largest absolute Gasteiger partial charge is 0.313 e. The van der Waals surface area contributed by atoms with E-state index in [1.807, 2.05) is 0 Å². The van der Waals surface area contributed by atoms with E-state index >= 15 is 0 Å². The lowest BCUT2D eigenvalue weighted by molar-refractivity contribution is 0.0984. The molecule has 2 nitrogen and oxygen atoms in total. The lowest BCUT2D eigenvalue weighted by atomic mass is 9.82. The Morgan fingerprint density at radius 2 is 1.63 bits per heavy atom. The van der Waals surface area contributed by atoms with Crippen molar-refractivity contribution in [1.29, 1.82) is 0 Å². The average molecular weight is 268 g/mol. The summed E-state index contributed by atoms with van der Waals surface area (Å²) in [5.74, 6) is 0.908. The Kier molecular flexibility index (Phi) is 8.72. The molecule has 0 saturated heterocycles. The van der Waals surface area contributed by atoms with Crippen molar-refractivity contribution in [1.82, 2.24) is 10.2 Å². The highest BCUT2D eigenvalue weighted by Crippen LogP contribution is 2.28. The number of hydrogen-bond acceptors (Lipinski definition) is 2. The van der Waals surface area contributed by atoms with Gasteiger partial charge in [-0.25, -0.2) is 0 Å². The SMILES string of the molecule is CCCCN(CCCC)C1CC(C)CCC1NCC. The molecule has 0 radical (unpaired) electrons. The first kappa shape index (κ1) is 17.0. The molecule has 0 spiro atoms. The van der Waals surface area contributed by atoms with Crippen LogP contribution in [0.1, 0.15) is 72.6 Å². The zero-order valence-corrected chi connectivity index (χ0v) is 13.8. The molecule has 0 amide bonds. The smallest absolute Gasteiger partial charge is 0.0251 e. The molecule has 0 aromatic heterocycles. The molecule has 1 aliphatic carbocycles. The van der Waals surface area contributed by atoms with Crippen molar-refractivity contribution in [2.45, 2.75) is 84.7 Å². The van der Waals surface area contributed by atoms with E-state index in [1.54, 1.807) is 0 Å². The fourth-order valence-corrected chi connectivity index (χ4v) is 3.42. The van der Waals surface area contributed by atoms with Crippen molar-refractivity contribution in [2.75, 3.05) is 19.6 Å². The van der Waals surface area contributed by atoms with Gasteiger partial charge in [0.05, 0.1) is 0 Å². The van der Waals surface area contributed by atoms with E-state index in [4.69, 9.17) is 0 Å². The van der Waals surface area contributed by atoms with Gasteiger partial charge in [0.1, 0.15) is 0 Å². The molecule has 0 aliphatic heterocycles. The zero-order chi connectivity index (χ0) is 14.1. The van der Waals surface area contributed by atoms with Gasteiger partial charge in [-0.3, -0.25) is 4.90 Å². The summed E-state index contributed by atoms with van der Waals surface area (Å²) in [5.41, 5.74) is 0. The molecular formula is C17H36N2. The van der Waals surface area contributed by atoms with Crippen molar-refractivity contribution in [3.8, 4) is 0 Å². The summed E-state index contributed by atoms with van der Waals surface area (Å²) in [4.78, 5) is 2.80. The second kappa shape index (κ2) is 9.77. The summed E-state index contributed by atoms with van der Waals surface area (Å²) in [6.07, 6.45) is 9.51. The van der Waals surface area contributed by atoms with Crippen LogP contribution in [0.25, 0.3) is 0 Å². The number of nitrogens with zero attached hydrogens (tertiary/aromatic N) is 1. The van der Waals surface area contributed by atoms with Crippen LogP contribution in [0.2, 0.25) is 0 Å². The van der Waals surface area contributed by atoms with Crippen LogP contribution < -0.4 is 5.32 Å². The molecular weight excluding hydrogens is 232 g/mol. The van der Waals surface area contributed by atoms with Crippen molar-refractivity contribution >= 4 is 0 Å². The van der Waals surface area contributed by atoms with Gasteiger partial charge >= 0.3 is 0 Å². The van der Waals surface area contributed by atoms with Crippen LogP contribution in [-0.2, 0) is 0 Å². The first-order valence-electron chi connectivity index (χ1n) is 8.70. The van der Waals surface area contributed by atoms with Gasteiger partial charge in [0.25, 0.3) is 0 Å². The number of hydrogen-bond donors (Lipinski definition) is 1. The Balaban J connectivity index is 2.63. The van der Waals surface area contributed by atoms with Crippen molar-refractivity contribution in [3.05, 3.63) is 0 Å². The molecule has 3 unspecified atom stereocenters. The van der Waals surface area contributed by atoms with E-state index in [-0.39, 0.29) is 0 Å². The molecule has 0 aromatic rings. The Hall–Kier alpha value is -0.0800. The molecule has 1 fully saturated rings. The summed E-state index contributed by atoms with van der Waals surface area (Å²) in [6.45, 7) is 13.0. The Labute approximate surface area is 121 Å². The maximum atomic E-state index is 3.75. The molecule has 19 heavy (non-hydrogen) atoms. The molecule has 3 atom stereocenters. The van der Waals surface area contributed by atoms with E-state index in [0.29, 0.717) is 0 Å². The second-order valence-corrected chi connectivity index (χ2v) is 6.39. The van der Waals surface area contributed by atoms with Crippen LogP contribution in [-0.4, -0.2) is 36.6 Å². The van der Waals surface area contributed by atoms with Gasteiger partial charge in [0.2, 0.25) is 0 Å². The topological polar surface area (TPSA) is 15.3 Å². The lowest BCUT2D eigenvalue weighted by Gasteiger charge is -2.42. The molecule has 2 heteroatoms. The fourth-order valence-electron chi connectivity index (χ4n) is 3.42. The lowest BCUT2D eigenvalue weighted by Crippen LogP contribution is -2.53. The highest BCUT2D eigenvalue weighted by atomic mass is 15.2. The number of likely N-dealkylation sites (N-methyl/N-ethyl adjacent to an activating group) is 1. The maximum Gasteiger partial charge on any atom is 0.0251 e. The van der Waals surface area contributed by atoms with E-state index in [9.17, 15) is 0 Å². The van der Waals surface area contributed by atoms with Crippen LogP contribution in [0.5, 0.6) is 0 Å².